The average Bonchev–Trinajstić information content (AvgIpc) is 2.40. The zero-order chi connectivity index (χ0) is 9.64. The number of aliphatic carboxylic acids is 1. The van der Waals surface area contributed by atoms with E-state index in [-0.39, 0.29) is 6.42 Å². The third-order valence-electron chi connectivity index (χ3n) is 2.21. The van der Waals surface area contributed by atoms with E-state index in [4.69, 9.17) is 5.11 Å². The summed E-state index contributed by atoms with van der Waals surface area (Å²) < 4.78 is 9.28. The van der Waals surface area contributed by atoms with E-state index in [1.165, 1.54) is 0 Å². The predicted octanol–water partition coefficient (Wildman–Crippen LogP) is -0.928. The molecule has 0 spiro atoms. The van der Waals surface area contributed by atoms with Crippen LogP contribution < -0.4 is 0 Å². The monoisotopic (exact) mass is 186 g/mol. The second-order valence-electron chi connectivity index (χ2n) is 3.03. The molecule has 13 heavy (non-hydrogen) atoms. The Morgan fingerprint density at radius 1 is 1.46 bits per heavy atom. The number of carbonyl (C=O) groups is 3. The van der Waals surface area contributed by atoms with Crippen LogP contribution in [0.15, 0.2) is 0 Å². The summed E-state index contributed by atoms with van der Waals surface area (Å²) in [5, 5.41) is 8.80. The number of carboxylic acids is 1. The molecule has 0 aromatic rings. The van der Waals surface area contributed by atoms with Gasteiger partial charge in [0, 0.05) is 0 Å². The SMILES string of the molecule is O=C1C[C@]2(C(=O)O)OC(=O)C[C@@H]2O1. The maximum atomic E-state index is 10.8. The summed E-state index contributed by atoms with van der Waals surface area (Å²) in [6, 6.07) is 0. The number of ether oxygens (including phenoxy) is 2. The summed E-state index contributed by atoms with van der Waals surface area (Å²) in [5.74, 6) is -2.60. The minimum atomic E-state index is -1.76. The largest absolute Gasteiger partial charge is 0.478 e. The molecular formula is C7H6O6. The fourth-order valence-electron chi connectivity index (χ4n) is 1.59. The number of carbonyl (C=O) groups excluding carboxylic acids is 2. The van der Waals surface area contributed by atoms with Gasteiger partial charge in [-0.1, -0.05) is 0 Å². The summed E-state index contributed by atoms with van der Waals surface area (Å²) >= 11 is 0. The lowest BCUT2D eigenvalue weighted by Crippen LogP contribution is -2.43. The van der Waals surface area contributed by atoms with E-state index in [2.05, 4.69) is 9.47 Å². The number of esters is 2. The highest BCUT2D eigenvalue weighted by atomic mass is 16.6. The molecule has 6 nitrogen and oxygen atoms in total. The third-order valence-corrected chi connectivity index (χ3v) is 2.21. The van der Waals surface area contributed by atoms with Crippen LogP contribution in [0.1, 0.15) is 12.8 Å². The molecule has 0 radical (unpaired) electrons. The van der Waals surface area contributed by atoms with Gasteiger partial charge in [-0.05, 0) is 0 Å². The van der Waals surface area contributed by atoms with E-state index in [9.17, 15) is 14.4 Å². The molecule has 2 heterocycles. The molecule has 2 atom stereocenters. The van der Waals surface area contributed by atoms with E-state index in [1.807, 2.05) is 0 Å². The van der Waals surface area contributed by atoms with E-state index in [0.717, 1.165) is 0 Å². The predicted molar refractivity (Wildman–Crippen MR) is 35.6 cm³/mol. The van der Waals surface area contributed by atoms with Crippen LogP contribution in [0.5, 0.6) is 0 Å². The zero-order valence-corrected chi connectivity index (χ0v) is 6.48. The molecule has 6 heteroatoms. The highest BCUT2D eigenvalue weighted by molar-refractivity contribution is 5.94. The van der Waals surface area contributed by atoms with Crippen molar-refractivity contribution in [2.24, 2.45) is 0 Å². The average molecular weight is 186 g/mol. The van der Waals surface area contributed by atoms with Crippen molar-refractivity contribution in [1.82, 2.24) is 0 Å². The van der Waals surface area contributed by atoms with Crippen molar-refractivity contribution in [3.05, 3.63) is 0 Å². The molecule has 0 aromatic heterocycles. The molecule has 70 valence electrons. The minimum Gasteiger partial charge on any atom is -0.478 e. The van der Waals surface area contributed by atoms with Gasteiger partial charge < -0.3 is 14.6 Å². The molecule has 0 unspecified atom stereocenters. The van der Waals surface area contributed by atoms with Crippen molar-refractivity contribution < 1.29 is 29.0 Å². The number of rotatable bonds is 1. The van der Waals surface area contributed by atoms with Crippen LogP contribution in [0.4, 0.5) is 0 Å². The molecule has 0 saturated carbocycles. The van der Waals surface area contributed by atoms with E-state index >= 15 is 0 Å². The molecule has 2 saturated heterocycles. The van der Waals surface area contributed by atoms with Gasteiger partial charge in [0.15, 0.2) is 6.10 Å². The van der Waals surface area contributed by atoms with E-state index in [1.54, 1.807) is 0 Å². The van der Waals surface area contributed by atoms with Gasteiger partial charge in [-0.2, -0.15) is 0 Å². The molecular weight excluding hydrogens is 180 g/mol. The zero-order valence-electron chi connectivity index (χ0n) is 6.48. The summed E-state index contributed by atoms with van der Waals surface area (Å²) in [5.41, 5.74) is -1.76. The maximum Gasteiger partial charge on any atom is 0.352 e. The minimum absolute atomic E-state index is 0.169. The Bertz CT molecular complexity index is 286. The Morgan fingerprint density at radius 2 is 2.15 bits per heavy atom. The first-order valence-electron chi connectivity index (χ1n) is 3.69. The van der Waals surface area contributed by atoms with E-state index < -0.39 is 36.0 Å². The van der Waals surface area contributed by atoms with E-state index in [0.29, 0.717) is 0 Å². The molecule has 2 fully saturated rings. The first-order valence-corrected chi connectivity index (χ1v) is 3.69. The third kappa shape index (κ3) is 0.912. The Hall–Kier alpha value is -1.59. The van der Waals surface area contributed by atoms with Crippen LogP contribution in [0.2, 0.25) is 0 Å². The molecule has 0 aliphatic carbocycles. The van der Waals surface area contributed by atoms with Crippen LogP contribution in [0.25, 0.3) is 0 Å². The highest BCUT2D eigenvalue weighted by Crippen LogP contribution is 2.38. The lowest BCUT2D eigenvalue weighted by molar-refractivity contribution is -0.170. The molecule has 0 bridgehead atoms. The lowest BCUT2D eigenvalue weighted by Gasteiger charge is -2.17. The van der Waals surface area contributed by atoms with Gasteiger partial charge in [0.1, 0.15) is 6.42 Å². The van der Waals surface area contributed by atoms with Crippen molar-refractivity contribution in [2.75, 3.05) is 0 Å². The first-order chi connectivity index (χ1) is 6.04. The number of fused-ring (bicyclic) bond motifs is 1. The van der Waals surface area contributed by atoms with Crippen LogP contribution >= 0.6 is 0 Å². The normalized spacial score (nSPS) is 36.8. The Labute approximate surface area is 72.4 Å². The summed E-state index contributed by atoms with van der Waals surface area (Å²) in [6.45, 7) is 0. The van der Waals surface area contributed by atoms with Crippen molar-refractivity contribution in [1.29, 1.82) is 0 Å². The van der Waals surface area contributed by atoms with Gasteiger partial charge in [0.25, 0.3) is 5.60 Å². The standard InChI is InChI=1S/C7H6O6/c8-4-1-3-7(13-4,6(10)11)2-5(9)12-3/h3H,1-2H2,(H,10,11)/t3-,7-/m0/s1. The highest BCUT2D eigenvalue weighted by Gasteiger charge is 2.63. The van der Waals surface area contributed by atoms with Crippen molar-refractivity contribution in [3.63, 3.8) is 0 Å². The Kier molecular flexibility index (Phi) is 1.37. The smallest absolute Gasteiger partial charge is 0.352 e. The van der Waals surface area contributed by atoms with Crippen molar-refractivity contribution in [3.8, 4) is 0 Å². The lowest BCUT2D eigenvalue weighted by atomic mass is 9.96. The summed E-state index contributed by atoms with van der Waals surface area (Å²) in [7, 11) is 0. The fraction of sp³-hybridized carbons (Fsp3) is 0.571. The van der Waals surface area contributed by atoms with Gasteiger partial charge in [-0.25, -0.2) is 4.79 Å². The topological polar surface area (TPSA) is 89.9 Å². The molecule has 0 amide bonds. The second kappa shape index (κ2) is 2.21. The summed E-state index contributed by atoms with van der Waals surface area (Å²) in [6.07, 6.45) is -1.51. The molecule has 1 N–H and O–H groups in total. The van der Waals surface area contributed by atoms with Crippen LogP contribution in [0.3, 0.4) is 0 Å². The van der Waals surface area contributed by atoms with Crippen LogP contribution in [-0.2, 0) is 23.9 Å². The van der Waals surface area contributed by atoms with Crippen molar-refractivity contribution in [2.45, 2.75) is 24.5 Å². The van der Waals surface area contributed by atoms with Gasteiger partial charge in [0.2, 0.25) is 0 Å². The maximum absolute atomic E-state index is 10.8. The second-order valence-corrected chi connectivity index (χ2v) is 3.03. The quantitative estimate of drug-likeness (QED) is 0.532. The Morgan fingerprint density at radius 3 is 2.69 bits per heavy atom. The molecule has 2 aliphatic heterocycles. The van der Waals surface area contributed by atoms with Gasteiger partial charge in [-0.3, -0.25) is 9.59 Å². The molecule has 2 aliphatic rings. The fourth-order valence-corrected chi connectivity index (χ4v) is 1.59. The van der Waals surface area contributed by atoms with Crippen LogP contribution in [0, 0.1) is 0 Å². The van der Waals surface area contributed by atoms with Gasteiger partial charge in [-0.15, -0.1) is 0 Å². The van der Waals surface area contributed by atoms with Crippen LogP contribution in [-0.4, -0.2) is 34.7 Å². The molecule has 0 aromatic carbocycles. The Balaban J connectivity index is 2.37. The summed E-state index contributed by atoms with van der Waals surface area (Å²) in [4.78, 5) is 32.4. The number of hydrogen-bond acceptors (Lipinski definition) is 5. The molecule has 2 rings (SSSR count). The number of hydrogen-bond donors (Lipinski definition) is 1. The van der Waals surface area contributed by atoms with Gasteiger partial charge >= 0.3 is 17.9 Å². The van der Waals surface area contributed by atoms with Crippen molar-refractivity contribution >= 4 is 17.9 Å². The van der Waals surface area contributed by atoms with Gasteiger partial charge in [0.05, 0.1) is 6.42 Å². The first kappa shape index (κ1) is 8.03. The number of carboxylic acid groups (broad SMARTS) is 1.